The summed E-state index contributed by atoms with van der Waals surface area (Å²) in [6.07, 6.45) is 6.48. The van der Waals surface area contributed by atoms with Crippen LogP contribution in [0.5, 0.6) is 0 Å². The first-order chi connectivity index (χ1) is 36.0. The topological polar surface area (TPSA) is 426 Å². The molecule has 0 aliphatic heterocycles. The number of thiol groups is 1. The molecule has 440 valence electrons. The number of carboxylic acids is 1. The van der Waals surface area contributed by atoms with E-state index in [0.29, 0.717) is 103 Å². The smallest absolute Gasteiger partial charge is 0.327 e. The Hall–Kier alpha value is -4.66. The Labute approximate surface area is 457 Å². The summed E-state index contributed by atoms with van der Waals surface area (Å²) in [4.78, 5) is 123. The third-order valence-corrected chi connectivity index (χ3v) is 12.8. The van der Waals surface area contributed by atoms with Gasteiger partial charge in [0.25, 0.3) is 0 Å². The van der Waals surface area contributed by atoms with Crippen molar-refractivity contribution in [1.82, 2.24) is 42.5 Å². The molecule has 21 N–H and O–H groups in total. The second-order valence-electron chi connectivity index (χ2n) is 20.9. The third kappa shape index (κ3) is 30.9. The molecular formula is C51H100N14O10S. The molecule has 0 bridgehead atoms. The predicted octanol–water partition coefficient (Wildman–Crippen LogP) is -1.01. The summed E-state index contributed by atoms with van der Waals surface area (Å²) in [5.41, 5.74) is 34.8. The third-order valence-electron chi connectivity index (χ3n) is 12.4. The highest BCUT2D eigenvalue weighted by atomic mass is 32.1. The van der Waals surface area contributed by atoms with E-state index in [4.69, 9.17) is 34.4 Å². The van der Waals surface area contributed by atoms with Gasteiger partial charge in [0, 0.05) is 5.75 Å². The lowest BCUT2D eigenvalue weighted by molar-refractivity contribution is -0.141. The second-order valence-corrected chi connectivity index (χ2v) is 21.3. The zero-order valence-corrected chi connectivity index (χ0v) is 47.3. The van der Waals surface area contributed by atoms with Gasteiger partial charge in [-0.1, -0.05) is 48.0 Å². The van der Waals surface area contributed by atoms with Gasteiger partial charge in [0.15, 0.2) is 0 Å². The number of unbranched alkanes of at least 4 members (excludes halogenated alkanes) is 5. The van der Waals surface area contributed by atoms with Gasteiger partial charge in [0.05, 0.1) is 6.04 Å². The van der Waals surface area contributed by atoms with Crippen LogP contribution in [0.4, 0.5) is 0 Å². The highest BCUT2D eigenvalue weighted by Crippen LogP contribution is 2.14. The van der Waals surface area contributed by atoms with Crippen molar-refractivity contribution in [3.05, 3.63) is 0 Å². The highest BCUT2D eigenvalue weighted by molar-refractivity contribution is 7.80. The zero-order valence-electron chi connectivity index (χ0n) is 46.4. The summed E-state index contributed by atoms with van der Waals surface area (Å²) in [5.74, 6) is -7.15. The maximum absolute atomic E-state index is 14.4. The van der Waals surface area contributed by atoms with Crippen molar-refractivity contribution in [3.63, 3.8) is 0 Å². The fourth-order valence-corrected chi connectivity index (χ4v) is 8.41. The van der Waals surface area contributed by atoms with Gasteiger partial charge in [-0.2, -0.15) is 12.6 Å². The van der Waals surface area contributed by atoms with E-state index in [2.05, 4.69) is 55.2 Å². The first-order valence-corrected chi connectivity index (χ1v) is 28.2. The molecule has 0 aromatic carbocycles. The number of nitrogens with two attached hydrogens (primary N) is 6. The van der Waals surface area contributed by atoms with Crippen molar-refractivity contribution in [3.8, 4) is 0 Å². The minimum atomic E-state index is -1.32. The molecule has 0 saturated carbocycles. The normalized spacial score (nSPS) is 15.0. The monoisotopic (exact) mass is 1100 g/mol. The van der Waals surface area contributed by atoms with Crippen LogP contribution in [0, 0.1) is 17.8 Å². The van der Waals surface area contributed by atoms with Crippen LogP contribution in [0.1, 0.15) is 157 Å². The minimum absolute atomic E-state index is 0.0278. The maximum atomic E-state index is 14.4. The molecule has 0 aliphatic rings. The molecule has 24 nitrogen and oxygen atoms in total. The van der Waals surface area contributed by atoms with E-state index in [9.17, 15) is 48.3 Å². The summed E-state index contributed by atoms with van der Waals surface area (Å²) in [5, 5.41) is 31.3. The van der Waals surface area contributed by atoms with E-state index < -0.39 is 108 Å². The molecule has 0 heterocycles. The molecule has 0 saturated heterocycles. The van der Waals surface area contributed by atoms with Crippen LogP contribution in [0.2, 0.25) is 0 Å². The molecule has 0 aliphatic carbocycles. The molecule has 9 atom stereocenters. The average molecular weight is 1100 g/mol. The van der Waals surface area contributed by atoms with Crippen LogP contribution < -0.4 is 76.9 Å². The van der Waals surface area contributed by atoms with E-state index in [-0.39, 0.29) is 68.5 Å². The Bertz CT molecular complexity index is 1750. The molecule has 0 unspecified atom stereocenters. The van der Waals surface area contributed by atoms with Gasteiger partial charge in [-0.25, -0.2) is 4.79 Å². The Morgan fingerprint density at radius 2 is 0.553 bits per heavy atom. The van der Waals surface area contributed by atoms with Crippen molar-refractivity contribution in [2.75, 3.05) is 38.5 Å². The Balaban J connectivity index is 6.80. The molecular weight excluding hydrogens is 1000 g/mol. The first-order valence-electron chi connectivity index (χ1n) is 27.5. The van der Waals surface area contributed by atoms with Crippen LogP contribution in [-0.2, 0) is 43.2 Å². The first kappa shape index (κ1) is 71.3. The van der Waals surface area contributed by atoms with Crippen LogP contribution in [0.25, 0.3) is 0 Å². The summed E-state index contributed by atoms with van der Waals surface area (Å²) >= 11 is 4.02. The van der Waals surface area contributed by atoms with Crippen molar-refractivity contribution in [1.29, 1.82) is 0 Å². The van der Waals surface area contributed by atoms with Gasteiger partial charge in [0.2, 0.25) is 47.3 Å². The lowest BCUT2D eigenvalue weighted by Crippen LogP contribution is -2.60. The van der Waals surface area contributed by atoms with Crippen LogP contribution >= 0.6 is 12.6 Å². The quantitative estimate of drug-likeness (QED) is 0.0257. The zero-order chi connectivity index (χ0) is 57.8. The fraction of sp³-hybridized carbons (Fsp3) is 0.824. The van der Waals surface area contributed by atoms with Gasteiger partial charge < -0.3 is 82.0 Å². The Morgan fingerprint density at radius 3 is 0.776 bits per heavy atom. The van der Waals surface area contributed by atoms with Crippen molar-refractivity contribution in [2.45, 2.75) is 211 Å². The molecule has 8 amide bonds. The summed E-state index contributed by atoms with van der Waals surface area (Å²) in [6, 6.07) is -10.3. The Morgan fingerprint density at radius 1 is 0.342 bits per heavy atom. The van der Waals surface area contributed by atoms with Gasteiger partial charge in [-0.05, 0) is 160 Å². The van der Waals surface area contributed by atoms with Gasteiger partial charge in [0.1, 0.15) is 48.3 Å². The summed E-state index contributed by atoms with van der Waals surface area (Å²) in [7, 11) is 0. The number of hydrogen-bond donors (Lipinski definition) is 16. The lowest BCUT2D eigenvalue weighted by Gasteiger charge is -2.29. The molecule has 0 aromatic heterocycles. The van der Waals surface area contributed by atoms with E-state index in [1.165, 1.54) is 0 Å². The van der Waals surface area contributed by atoms with Crippen molar-refractivity contribution in [2.24, 2.45) is 52.2 Å². The largest absolute Gasteiger partial charge is 0.480 e. The number of carbonyl (C=O) groups excluding carboxylic acids is 8. The second kappa shape index (κ2) is 41.4. The van der Waals surface area contributed by atoms with Crippen LogP contribution in [-0.4, -0.2) is 151 Å². The molecule has 0 spiro atoms. The number of nitrogens with one attached hydrogen (secondary N) is 8. The summed E-state index contributed by atoms with van der Waals surface area (Å²) < 4.78 is 0. The van der Waals surface area contributed by atoms with Crippen molar-refractivity contribution < 1.29 is 48.3 Å². The van der Waals surface area contributed by atoms with Gasteiger partial charge in [-0.15, -0.1) is 0 Å². The number of hydrogen-bond acceptors (Lipinski definition) is 16. The maximum Gasteiger partial charge on any atom is 0.327 e. The van der Waals surface area contributed by atoms with Gasteiger partial charge in [-0.3, -0.25) is 38.4 Å². The van der Waals surface area contributed by atoms with E-state index in [1.807, 2.05) is 41.5 Å². The van der Waals surface area contributed by atoms with Crippen LogP contribution in [0.3, 0.4) is 0 Å². The molecule has 0 rings (SSSR count). The summed E-state index contributed by atoms with van der Waals surface area (Å²) in [6.45, 7) is 12.8. The van der Waals surface area contributed by atoms with Gasteiger partial charge >= 0.3 is 5.97 Å². The molecule has 0 fully saturated rings. The highest BCUT2D eigenvalue weighted by Gasteiger charge is 2.35. The number of aliphatic carboxylic acids is 1. The minimum Gasteiger partial charge on any atom is -0.480 e. The lowest BCUT2D eigenvalue weighted by atomic mass is 9.99. The number of carboxylic acid groups (broad SMARTS) is 1. The van der Waals surface area contributed by atoms with E-state index in [1.54, 1.807) is 0 Å². The SMILES string of the molecule is CC(C)C[C@H](NC(=O)[C@H](CC(C)C)NC(=O)[C@H](CCCCN)NC(=O)[C@H](CCCCN)NC(=O)[C@H](CCCCN)NC(=O)[C@H](CC(C)C)NC(=O)[C@@H](N)CCCCN)C(=O)N[C@@H](CCCCN)C(=O)N[C@@H](CS)C(=O)O. The predicted molar refractivity (Wildman–Crippen MR) is 298 cm³/mol. The molecule has 76 heavy (non-hydrogen) atoms. The van der Waals surface area contributed by atoms with Crippen LogP contribution in [0.15, 0.2) is 0 Å². The molecule has 0 radical (unpaired) electrons. The fourth-order valence-electron chi connectivity index (χ4n) is 8.17. The van der Waals surface area contributed by atoms with E-state index >= 15 is 0 Å². The standard InChI is InChI=1S/C51H100N14O10S/c1-31(2)27-39(62-43(66)34(57)17-7-12-22-52)48(71)60-36(19-9-14-24-54)45(68)58-35(18-8-13-23-53)44(67)59-37(20-10-15-25-55)46(69)63-41(29-33(5)6)50(73)64-40(28-32(3)4)49(72)61-38(21-11-16-26-56)47(70)65-42(30-76)51(74)75/h31-42,76H,7-30,52-57H2,1-6H3,(H,58,68)(H,59,67)(H,60,71)(H,61,72)(H,62,66)(H,63,69)(H,64,73)(H,65,70)(H,74,75)/t34-,35-,36-,37-,38-,39-,40-,41-,42-/m0/s1. The van der Waals surface area contributed by atoms with E-state index in [0.717, 1.165) is 0 Å². The molecule has 25 heteroatoms. The molecule has 0 aromatic rings. The Kier molecular flexibility index (Phi) is 38.9. The number of carbonyl (C=O) groups is 9. The average Bonchev–Trinajstić information content (AvgIpc) is 3.35. The number of rotatable bonds is 44. The number of amides is 8. The van der Waals surface area contributed by atoms with Crippen molar-refractivity contribution >= 4 is 65.9 Å².